The Balaban J connectivity index is 2.47. The second kappa shape index (κ2) is 7.68. The number of benzene rings is 1. The average Bonchev–Trinajstić information content (AvgIpc) is 2.39. The second-order valence-corrected chi connectivity index (χ2v) is 4.10. The monoisotopic (exact) mass is 272 g/mol. The van der Waals surface area contributed by atoms with Crippen LogP contribution in [-0.4, -0.2) is 32.2 Å². The van der Waals surface area contributed by atoms with Crippen molar-refractivity contribution in [2.45, 2.75) is 19.4 Å². The standard InChI is InChI=1S/C13H18F2N2O2/c1-9(13(18)16-7-4-8-19-2)17-11-6-3-5-10(14)12(11)15/h3,5-6,9,17H,4,7-8H2,1-2H3,(H,16,18). The van der Waals surface area contributed by atoms with Gasteiger partial charge in [0.25, 0.3) is 0 Å². The normalized spacial score (nSPS) is 12.0. The van der Waals surface area contributed by atoms with Crippen LogP contribution in [0.3, 0.4) is 0 Å². The molecular weight excluding hydrogens is 254 g/mol. The number of amides is 1. The lowest BCUT2D eigenvalue weighted by Gasteiger charge is -2.15. The SMILES string of the molecule is COCCCNC(=O)C(C)Nc1cccc(F)c1F. The van der Waals surface area contributed by atoms with Gasteiger partial charge < -0.3 is 15.4 Å². The molecule has 0 aromatic heterocycles. The molecule has 0 aliphatic carbocycles. The van der Waals surface area contributed by atoms with Crippen LogP contribution >= 0.6 is 0 Å². The molecule has 106 valence electrons. The molecule has 0 aliphatic heterocycles. The van der Waals surface area contributed by atoms with Crippen molar-refractivity contribution in [1.82, 2.24) is 5.32 Å². The van der Waals surface area contributed by atoms with Gasteiger partial charge in [-0.3, -0.25) is 4.79 Å². The number of halogens is 2. The van der Waals surface area contributed by atoms with Gasteiger partial charge in [-0.15, -0.1) is 0 Å². The maximum absolute atomic E-state index is 13.4. The van der Waals surface area contributed by atoms with Gasteiger partial charge in [0.1, 0.15) is 6.04 Å². The van der Waals surface area contributed by atoms with Crippen LogP contribution in [0.5, 0.6) is 0 Å². The fourth-order valence-corrected chi connectivity index (χ4v) is 1.50. The van der Waals surface area contributed by atoms with E-state index in [1.54, 1.807) is 14.0 Å². The number of hydrogen-bond acceptors (Lipinski definition) is 3. The minimum Gasteiger partial charge on any atom is -0.385 e. The highest BCUT2D eigenvalue weighted by molar-refractivity contribution is 5.84. The molecule has 0 bridgehead atoms. The van der Waals surface area contributed by atoms with Gasteiger partial charge in [-0.1, -0.05) is 6.07 Å². The molecular formula is C13H18F2N2O2. The zero-order valence-electron chi connectivity index (χ0n) is 11.0. The molecule has 1 amide bonds. The molecule has 1 unspecified atom stereocenters. The van der Waals surface area contributed by atoms with Gasteiger partial charge in [0.15, 0.2) is 11.6 Å². The van der Waals surface area contributed by atoms with Gasteiger partial charge in [-0.25, -0.2) is 8.78 Å². The van der Waals surface area contributed by atoms with Gasteiger partial charge in [0.05, 0.1) is 5.69 Å². The van der Waals surface area contributed by atoms with Crippen molar-refractivity contribution < 1.29 is 18.3 Å². The van der Waals surface area contributed by atoms with E-state index in [4.69, 9.17) is 4.74 Å². The van der Waals surface area contributed by atoms with E-state index >= 15 is 0 Å². The van der Waals surface area contributed by atoms with Gasteiger partial charge in [0.2, 0.25) is 5.91 Å². The first-order valence-electron chi connectivity index (χ1n) is 6.03. The molecule has 2 N–H and O–H groups in total. The van der Waals surface area contributed by atoms with Gasteiger partial charge in [-0.05, 0) is 25.5 Å². The molecule has 19 heavy (non-hydrogen) atoms. The highest BCUT2D eigenvalue weighted by Gasteiger charge is 2.15. The fourth-order valence-electron chi connectivity index (χ4n) is 1.50. The van der Waals surface area contributed by atoms with E-state index in [1.807, 2.05) is 0 Å². The molecule has 1 aromatic carbocycles. The summed E-state index contributed by atoms with van der Waals surface area (Å²) in [5.41, 5.74) is -0.0282. The fraction of sp³-hybridized carbons (Fsp3) is 0.462. The molecule has 0 spiro atoms. The van der Waals surface area contributed by atoms with E-state index < -0.39 is 17.7 Å². The summed E-state index contributed by atoms with van der Waals surface area (Å²) in [7, 11) is 1.58. The third-order valence-electron chi connectivity index (χ3n) is 2.54. The predicted octanol–water partition coefficient (Wildman–Crippen LogP) is 1.92. The summed E-state index contributed by atoms with van der Waals surface area (Å²) < 4.78 is 31.2. The van der Waals surface area contributed by atoms with Crippen molar-refractivity contribution in [2.75, 3.05) is 25.6 Å². The summed E-state index contributed by atoms with van der Waals surface area (Å²) in [6.07, 6.45) is 0.698. The molecule has 1 aromatic rings. The number of ether oxygens (including phenoxy) is 1. The summed E-state index contributed by atoms with van der Waals surface area (Å²) in [6.45, 7) is 2.61. The number of anilines is 1. The smallest absolute Gasteiger partial charge is 0.242 e. The first-order chi connectivity index (χ1) is 9.06. The van der Waals surface area contributed by atoms with Gasteiger partial charge in [0, 0.05) is 20.3 Å². The number of nitrogens with one attached hydrogen (secondary N) is 2. The quantitative estimate of drug-likeness (QED) is 0.746. The largest absolute Gasteiger partial charge is 0.385 e. The Hall–Kier alpha value is -1.69. The minimum atomic E-state index is -0.985. The van der Waals surface area contributed by atoms with E-state index in [0.717, 1.165) is 6.07 Å². The lowest BCUT2D eigenvalue weighted by molar-refractivity contribution is -0.121. The topological polar surface area (TPSA) is 50.4 Å². The maximum atomic E-state index is 13.4. The minimum absolute atomic E-state index is 0.0282. The summed E-state index contributed by atoms with van der Waals surface area (Å²) in [4.78, 5) is 11.7. The zero-order valence-corrected chi connectivity index (χ0v) is 11.0. The Kier molecular flexibility index (Phi) is 6.21. The first kappa shape index (κ1) is 15.4. The molecule has 0 aliphatic rings. The van der Waals surface area contributed by atoms with Crippen LogP contribution < -0.4 is 10.6 Å². The summed E-state index contributed by atoms with van der Waals surface area (Å²) in [5.74, 6) is -2.21. The highest BCUT2D eigenvalue weighted by Crippen LogP contribution is 2.17. The van der Waals surface area contributed by atoms with Crippen molar-refractivity contribution in [2.24, 2.45) is 0 Å². The molecule has 0 fully saturated rings. The second-order valence-electron chi connectivity index (χ2n) is 4.10. The molecule has 0 saturated heterocycles. The molecule has 0 heterocycles. The summed E-state index contributed by atoms with van der Waals surface area (Å²) in [6, 6.07) is 3.13. The van der Waals surface area contributed by atoms with Gasteiger partial charge >= 0.3 is 0 Å². The van der Waals surface area contributed by atoms with E-state index in [-0.39, 0.29) is 11.6 Å². The Bertz CT molecular complexity index is 427. The average molecular weight is 272 g/mol. The summed E-state index contributed by atoms with van der Waals surface area (Å²) >= 11 is 0. The van der Waals surface area contributed by atoms with Crippen molar-refractivity contribution in [3.63, 3.8) is 0 Å². The van der Waals surface area contributed by atoms with E-state index in [9.17, 15) is 13.6 Å². The Morgan fingerprint density at radius 2 is 2.16 bits per heavy atom. The van der Waals surface area contributed by atoms with Crippen molar-refractivity contribution in [3.05, 3.63) is 29.8 Å². The Morgan fingerprint density at radius 1 is 1.42 bits per heavy atom. The van der Waals surface area contributed by atoms with Crippen LogP contribution in [0.25, 0.3) is 0 Å². The molecule has 0 radical (unpaired) electrons. The highest BCUT2D eigenvalue weighted by atomic mass is 19.2. The zero-order chi connectivity index (χ0) is 14.3. The van der Waals surface area contributed by atoms with Crippen LogP contribution in [0.15, 0.2) is 18.2 Å². The Labute approximate surface area is 111 Å². The van der Waals surface area contributed by atoms with Crippen LogP contribution in [0.4, 0.5) is 14.5 Å². The van der Waals surface area contributed by atoms with Crippen molar-refractivity contribution in [1.29, 1.82) is 0 Å². The molecule has 0 saturated carbocycles. The van der Waals surface area contributed by atoms with Crippen molar-refractivity contribution >= 4 is 11.6 Å². The lowest BCUT2D eigenvalue weighted by atomic mass is 10.2. The number of carbonyl (C=O) groups excluding carboxylic acids is 1. The number of methoxy groups -OCH3 is 1. The van der Waals surface area contributed by atoms with E-state index in [2.05, 4.69) is 10.6 Å². The van der Waals surface area contributed by atoms with Crippen LogP contribution in [0.1, 0.15) is 13.3 Å². The van der Waals surface area contributed by atoms with Crippen LogP contribution in [0.2, 0.25) is 0 Å². The van der Waals surface area contributed by atoms with E-state index in [0.29, 0.717) is 19.6 Å². The van der Waals surface area contributed by atoms with Crippen LogP contribution in [0, 0.1) is 11.6 Å². The molecule has 4 nitrogen and oxygen atoms in total. The maximum Gasteiger partial charge on any atom is 0.242 e. The molecule has 1 rings (SSSR count). The van der Waals surface area contributed by atoms with Crippen LogP contribution in [-0.2, 0) is 9.53 Å². The Morgan fingerprint density at radius 3 is 2.84 bits per heavy atom. The first-order valence-corrected chi connectivity index (χ1v) is 6.03. The molecule has 1 atom stereocenters. The third kappa shape index (κ3) is 4.82. The third-order valence-corrected chi connectivity index (χ3v) is 2.54. The number of rotatable bonds is 7. The van der Waals surface area contributed by atoms with E-state index in [1.165, 1.54) is 12.1 Å². The van der Waals surface area contributed by atoms with Gasteiger partial charge in [-0.2, -0.15) is 0 Å². The number of carbonyl (C=O) groups is 1. The molecule has 6 heteroatoms. The lowest BCUT2D eigenvalue weighted by Crippen LogP contribution is -2.38. The number of hydrogen-bond donors (Lipinski definition) is 2. The van der Waals surface area contributed by atoms with Crippen molar-refractivity contribution in [3.8, 4) is 0 Å². The summed E-state index contributed by atoms with van der Waals surface area (Å²) in [5, 5.41) is 5.31. The predicted molar refractivity (Wildman–Crippen MR) is 68.9 cm³/mol.